The lowest BCUT2D eigenvalue weighted by atomic mass is 10.2. The summed E-state index contributed by atoms with van der Waals surface area (Å²) in [7, 11) is 1.73. The molecule has 0 aliphatic carbocycles. The van der Waals surface area contributed by atoms with Gasteiger partial charge in [-0.15, -0.1) is 0 Å². The van der Waals surface area contributed by atoms with Crippen molar-refractivity contribution in [2.45, 2.75) is 6.54 Å². The van der Waals surface area contributed by atoms with Gasteiger partial charge in [0, 0.05) is 18.3 Å². The van der Waals surface area contributed by atoms with Gasteiger partial charge < -0.3 is 10.6 Å². The van der Waals surface area contributed by atoms with Crippen molar-refractivity contribution in [3.8, 4) is 0 Å². The number of halogens is 2. The van der Waals surface area contributed by atoms with E-state index >= 15 is 0 Å². The molecule has 1 aromatic heterocycles. The number of hydrogen-bond acceptors (Lipinski definition) is 2. The van der Waals surface area contributed by atoms with Crippen molar-refractivity contribution in [1.29, 1.82) is 0 Å². The van der Waals surface area contributed by atoms with Gasteiger partial charge in [0.15, 0.2) is 10.9 Å². The van der Waals surface area contributed by atoms with E-state index in [1.807, 2.05) is 24.3 Å². The van der Waals surface area contributed by atoms with E-state index in [1.54, 1.807) is 17.9 Å². The Balaban J connectivity index is 2.11. The van der Waals surface area contributed by atoms with Crippen LogP contribution in [0.4, 0.5) is 5.82 Å². The lowest BCUT2D eigenvalue weighted by Crippen LogP contribution is -2.24. The van der Waals surface area contributed by atoms with Crippen LogP contribution in [0.25, 0.3) is 0 Å². The number of benzene rings is 1. The molecule has 0 unspecified atom stereocenters. The molecule has 0 aliphatic rings. The SMILES string of the molecule is CNC(=S)Nc1nn(Cc2ccc(Cl)cc2)cc1Cl. The molecule has 0 radical (unpaired) electrons. The average Bonchev–Trinajstić information content (AvgIpc) is 2.72. The number of thiocarbonyl (C=S) groups is 1. The number of rotatable bonds is 3. The lowest BCUT2D eigenvalue weighted by molar-refractivity contribution is 0.690. The van der Waals surface area contributed by atoms with E-state index in [9.17, 15) is 0 Å². The van der Waals surface area contributed by atoms with E-state index in [1.165, 1.54) is 0 Å². The molecular weight excluding hydrogens is 303 g/mol. The standard InChI is InChI=1S/C12H12Cl2N4S/c1-15-12(19)16-11-10(14)7-18(17-11)6-8-2-4-9(13)5-3-8/h2-5,7H,6H2,1H3,(H2,15,16,17,19). The smallest absolute Gasteiger partial charge is 0.173 e. The summed E-state index contributed by atoms with van der Waals surface area (Å²) in [6.45, 7) is 0.616. The zero-order valence-corrected chi connectivity index (χ0v) is 12.5. The second-order valence-corrected chi connectivity index (χ2v) is 5.11. The molecule has 0 saturated heterocycles. The molecule has 7 heteroatoms. The third kappa shape index (κ3) is 3.83. The van der Waals surface area contributed by atoms with Gasteiger partial charge in [-0.3, -0.25) is 4.68 Å². The number of nitrogens with one attached hydrogen (secondary N) is 2. The summed E-state index contributed by atoms with van der Waals surface area (Å²) in [6, 6.07) is 7.58. The van der Waals surface area contributed by atoms with Crippen LogP contribution in [0.2, 0.25) is 10.0 Å². The highest BCUT2D eigenvalue weighted by atomic mass is 35.5. The summed E-state index contributed by atoms with van der Waals surface area (Å²) in [5.74, 6) is 0.537. The van der Waals surface area contributed by atoms with Crippen LogP contribution in [0.15, 0.2) is 30.5 Å². The van der Waals surface area contributed by atoms with Crippen molar-refractivity contribution in [3.63, 3.8) is 0 Å². The van der Waals surface area contributed by atoms with Crippen molar-refractivity contribution >= 4 is 46.4 Å². The first kappa shape index (κ1) is 14.1. The summed E-state index contributed by atoms with van der Waals surface area (Å²) in [6.07, 6.45) is 1.75. The quantitative estimate of drug-likeness (QED) is 0.854. The number of nitrogens with zero attached hydrogens (tertiary/aromatic N) is 2. The van der Waals surface area contributed by atoms with Crippen molar-refractivity contribution in [2.75, 3.05) is 12.4 Å². The van der Waals surface area contributed by atoms with Crippen molar-refractivity contribution in [2.24, 2.45) is 0 Å². The van der Waals surface area contributed by atoms with E-state index < -0.39 is 0 Å². The minimum Gasteiger partial charge on any atom is -0.365 e. The molecule has 4 nitrogen and oxygen atoms in total. The van der Waals surface area contributed by atoms with Crippen LogP contribution in [-0.2, 0) is 6.54 Å². The van der Waals surface area contributed by atoms with E-state index in [0.717, 1.165) is 5.56 Å². The normalized spacial score (nSPS) is 10.3. The van der Waals surface area contributed by atoms with E-state index in [4.69, 9.17) is 35.4 Å². The maximum atomic E-state index is 6.08. The Morgan fingerprint density at radius 3 is 2.63 bits per heavy atom. The Hall–Kier alpha value is -1.30. The Morgan fingerprint density at radius 2 is 2.00 bits per heavy atom. The Kier molecular flexibility index (Phi) is 4.63. The Labute approximate surface area is 126 Å². The maximum absolute atomic E-state index is 6.08. The van der Waals surface area contributed by atoms with Crippen LogP contribution in [0.5, 0.6) is 0 Å². The summed E-state index contributed by atoms with van der Waals surface area (Å²) >= 11 is 16.9. The predicted molar refractivity (Wildman–Crippen MR) is 83.1 cm³/mol. The van der Waals surface area contributed by atoms with Gasteiger partial charge in [0.05, 0.1) is 6.54 Å². The first-order valence-corrected chi connectivity index (χ1v) is 6.71. The lowest BCUT2D eigenvalue weighted by Gasteiger charge is -2.04. The summed E-state index contributed by atoms with van der Waals surface area (Å²) in [4.78, 5) is 0. The third-order valence-electron chi connectivity index (χ3n) is 2.43. The minimum absolute atomic E-state index is 0.471. The van der Waals surface area contributed by atoms with E-state index in [-0.39, 0.29) is 0 Å². The number of hydrogen-bond donors (Lipinski definition) is 2. The summed E-state index contributed by atoms with van der Waals surface area (Å²) in [5.41, 5.74) is 1.09. The molecule has 1 aromatic carbocycles. The molecular formula is C12H12Cl2N4S. The molecule has 0 bridgehead atoms. The highest BCUT2D eigenvalue weighted by Crippen LogP contribution is 2.20. The van der Waals surface area contributed by atoms with Crippen LogP contribution >= 0.6 is 35.4 Å². The van der Waals surface area contributed by atoms with Gasteiger partial charge in [0.1, 0.15) is 5.02 Å². The second kappa shape index (κ2) is 6.23. The van der Waals surface area contributed by atoms with Crippen molar-refractivity contribution in [1.82, 2.24) is 15.1 Å². The van der Waals surface area contributed by atoms with Gasteiger partial charge >= 0.3 is 0 Å². The predicted octanol–water partition coefficient (Wildman–Crippen LogP) is 3.15. The average molecular weight is 315 g/mol. The molecule has 19 heavy (non-hydrogen) atoms. The first-order valence-electron chi connectivity index (χ1n) is 5.54. The molecule has 0 fully saturated rings. The van der Waals surface area contributed by atoms with Gasteiger partial charge in [-0.2, -0.15) is 5.10 Å². The van der Waals surface area contributed by atoms with Gasteiger partial charge in [-0.25, -0.2) is 0 Å². The maximum Gasteiger partial charge on any atom is 0.173 e. The Morgan fingerprint density at radius 1 is 1.32 bits per heavy atom. The van der Waals surface area contributed by atoms with Gasteiger partial charge in [-0.1, -0.05) is 35.3 Å². The van der Waals surface area contributed by atoms with Crippen molar-refractivity contribution < 1.29 is 0 Å². The third-order valence-corrected chi connectivity index (χ3v) is 3.27. The van der Waals surface area contributed by atoms with Crippen LogP contribution in [0.3, 0.4) is 0 Å². The molecule has 100 valence electrons. The fraction of sp³-hybridized carbons (Fsp3) is 0.167. The molecule has 0 amide bonds. The van der Waals surface area contributed by atoms with Crippen LogP contribution in [0.1, 0.15) is 5.56 Å². The largest absolute Gasteiger partial charge is 0.365 e. The zero-order valence-electron chi connectivity index (χ0n) is 10.2. The highest BCUT2D eigenvalue weighted by molar-refractivity contribution is 7.80. The molecule has 0 saturated carbocycles. The topological polar surface area (TPSA) is 41.9 Å². The van der Waals surface area contributed by atoms with Crippen LogP contribution < -0.4 is 10.6 Å². The molecule has 1 heterocycles. The molecule has 0 aliphatic heterocycles. The van der Waals surface area contributed by atoms with Crippen molar-refractivity contribution in [3.05, 3.63) is 46.1 Å². The summed E-state index contributed by atoms with van der Waals surface area (Å²) < 4.78 is 1.74. The first-order chi connectivity index (χ1) is 9.08. The molecule has 2 rings (SSSR count). The molecule has 2 N–H and O–H groups in total. The Bertz CT molecular complexity index is 580. The van der Waals surface area contributed by atoms with E-state index in [2.05, 4.69) is 15.7 Å². The highest BCUT2D eigenvalue weighted by Gasteiger charge is 2.08. The van der Waals surface area contributed by atoms with Crippen LogP contribution in [0, 0.1) is 0 Å². The van der Waals surface area contributed by atoms with Gasteiger partial charge in [-0.05, 0) is 29.9 Å². The summed E-state index contributed by atoms with van der Waals surface area (Å²) in [5, 5.41) is 11.7. The van der Waals surface area contributed by atoms with Gasteiger partial charge in [0.25, 0.3) is 0 Å². The second-order valence-electron chi connectivity index (χ2n) is 3.85. The molecule has 0 atom stereocenters. The molecule has 2 aromatic rings. The minimum atomic E-state index is 0.471. The van der Waals surface area contributed by atoms with Gasteiger partial charge in [0.2, 0.25) is 0 Å². The molecule has 0 spiro atoms. The number of aromatic nitrogens is 2. The van der Waals surface area contributed by atoms with E-state index in [0.29, 0.717) is 27.5 Å². The fourth-order valence-corrected chi connectivity index (χ4v) is 1.93. The fourth-order valence-electron chi connectivity index (χ4n) is 1.51. The monoisotopic (exact) mass is 314 g/mol. The van der Waals surface area contributed by atoms with Crippen LogP contribution in [-0.4, -0.2) is 21.9 Å². The zero-order chi connectivity index (χ0) is 13.8. The number of anilines is 1.